The van der Waals surface area contributed by atoms with E-state index in [-0.39, 0.29) is 29.3 Å². The highest BCUT2D eigenvalue weighted by Crippen LogP contribution is 2.24. The fraction of sp³-hybridized carbons (Fsp3) is 0.588. The summed E-state index contributed by atoms with van der Waals surface area (Å²) in [6.45, 7) is 1.43. The first-order valence-corrected chi connectivity index (χ1v) is 10.2. The van der Waals surface area contributed by atoms with E-state index in [2.05, 4.69) is 10.0 Å². The number of hydrogen-bond acceptors (Lipinski definition) is 4. The zero-order chi connectivity index (χ0) is 16.7. The summed E-state index contributed by atoms with van der Waals surface area (Å²) in [4.78, 5) is 14.9. The lowest BCUT2D eigenvalue weighted by molar-refractivity contribution is 0.0748. The van der Waals surface area contributed by atoms with Gasteiger partial charge in [0.2, 0.25) is 10.0 Å². The fourth-order valence-electron chi connectivity index (χ4n) is 3.59. The predicted molar refractivity (Wildman–Crippen MR) is 97.5 cm³/mol. The van der Waals surface area contributed by atoms with Gasteiger partial charge in [-0.1, -0.05) is 6.07 Å². The van der Waals surface area contributed by atoms with E-state index < -0.39 is 10.0 Å². The molecular weight excluding hydrogens is 362 g/mol. The topological polar surface area (TPSA) is 78.5 Å². The first-order chi connectivity index (χ1) is 11.5. The van der Waals surface area contributed by atoms with Crippen LogP contribution in [-0.4, -0.2) is 50.4 Å². The molecule has 3 fully saturated rings. The third-order valence-electron chi connectivity index (χ3n) is 5.10. The SMILES string of the molecule is Cl.O=C(c1cccc(S(=O)(=O)NC2CC2)c1)N1CCC2CCC(C1)N2. The second kappa shape index (κ2) is 7.23. The van der Waals surface area contributed by atoms with Crippen molar-refractivity contribution in [2.24, 2.45) is 0 Å². The molecule has 2 aliphatic heterocycles. The second-order valence-corrected chi connectivity index (χ2v) is 8.82. The van der Waals surface area contributed by atoms with Gasteiger partial charge in [-0.3, -0.25) is 4.79 Å². The third kappa shape index (κ3) is 4.16. The molecule has 4 rings (SSSR count). The number of nitrogens with one attached hydrogen (secondary N) is 2. The number of amides is 1. The van der Waals surface area contributed by atoms with Gasteiger partial charge in [-0.15, -0.1) is 12.4 Å². The van der Waals surface area contributed by atoms with Crippen molar-refractivity contribution in [1.29, 1.82) is 0 Å². The van der Waals surface area contributed by atoms with Gasteiger partial charge in [-0.05, 0) is 50.3 Å². The zero-order valence-corrected chi connectivity index (χ0v) is 15.6. The van der Waals surface area contributed by atoms with Crippen LogP contribution in [0.1, 0.15) is 42.5 Å². The Balaban J connectivity index is 0.00000182. The van der Waals surface area contributed by atoms with Crippen molar-refractivity contribution in [2.45, 2.75) is 55.1 Å². The van der Waals surface area contributed by atoms with Crippen LogP contribution in [0.25, 0.3) is 0 Å². The Morgan fingerprint density at radius 1 is 1.12 bits per heavy atom. The zero-order valence-electron chi connectivity index (χ0n) is 14.0. The number of likely N-dealkylation sites (tertiary alicyclic amines) is 1. The molecule has 1 aromatic rings. The van der Waals surface area contributed by atoms with Gasteiger partial charge in [0, 0.05) is 36.8 Å². The molecule has 1 aromatic carbocycles. The van der Waals surface area contributed by atoms with Gasteiger partial charge in [0.25, 0.3) is 5.91 Å². The van der Waals surface area contributed by atoms with Crippen molar-refractivity contribution in [3.8, 4) is 0 Å². The fourth-order valence-corrected chi connectivity index (χ4v) is 4.95. The summed E-state index contributed by atoms with van der Waals surface area (Å²) in [5.74, 6) is -0.0761. The van der Waals surface area contributed by atoms with Crippen LogP contribution in [0.15, 0.2) is 29.2 Å². The molecule has 2 unspecified atom stereocenters. The second-order valence-electron chi connectivity index (χ2n) is 7.10. The van der Waals surface area contributed by atoms with Gasteiger partial charge in [0.05, 0.1) is 4.90 Å². The van der Waals surface area contributed by atoms with E-state index in [1.165, 1.54) is 12.5 Å². The molecule has 2 heterocycles. The van der Waals surface area contributed by atoms with Crippen molar-refractivity contribution < 1.29 is 13.2 Å². The van der Waals surface area contributed by atoms with E-state index in [4.69, 9.17) is 0 Å². The molecule has 2 saturated heterocycles. The van der Waals surface area contributed by atoms with Crippen molar-refractivity contribution in [2.75, 3.05) is 13.1 Å². The number of benzene rings is 1. The summed E-state index contributed by atoms with van der Waals surface area (Å²) < 4.78 is 27.4. The molecule has 8 heteroatoms. The van der Waals surface area contributed by atoms with Crippen LogP contribution in [0.4, 0.5) is 0 Å². The summed E-state index contributed by atoms with van der Waals surface area (Å²) in [7, 11) is -3.53. The Bertz CT molecular complexity index is 751. The summed E-state index contributed by atoms with van der Waals surface area (Å²) in [6, 6.07) is 7.34. The maximum absolute atomic E-state index is 12.8. The Hall–Kier alpha value is -1.15. The predicted octanol–water partition coefficient (Wildman–Crippen LogP) is 1.52. The minimum Gasteiger partial charge on any atom is -0.337 e. The largest absolute Gasteiger partial charge is 0.337 e. The summed E-state index contributed by atoms with van der Waals surface area (Å²) >= 11 is 0. The Kier molecular flexibility index (Phi) is 5.39. The van der Waals surface area contributed by atoms with E-state index in [1.807, 2.05) is 4.90 Å². The van der Waals surface area contributed by atoms with Crippen LogP contribution < -0.4 is 10.0 Å². The molecule has 0 spiro atoms. The van der Waals surface area contributed by atoms with Gasteiger partial charge < -0.3 is 10.2 Å². The molecule has 0 radical (unpaired) electrons. The number of nitrogens with zero attached hydrogens (tertiary/aromatic N) is 1. The summed E-state index contributed by atoms with van der Waals surface area (Å²) in [6.07, 6.45) is 5.03. The van der Waals surface area contributed by atoms with E-state index in [0.717, 1.165) is 32.2 Å². The highest BCUT2D eigenvalue weighted by Gasteiger charge is 2.32. The molecule has 6 nitrogen and oxygen atoms in total. The quantitative estimate of drug-likeness (QED) is 0.823. The van der Waals surface area contributed by atoms with Crippen molar-refractivity contribution in [3.63, 3.8) is 0 Å². The average molecular weight is 386 g/mol. The molecular formula is C17H24ClN3O3S. The molecule has 1 amide bonds. The average Bonchev–Trinajstić information content (AvgIpc) is 3.28. The van der Waals surface area contributed by atoms with E-state index in [1.54, 1.807) is 18.2 Å². The number of carbonyl (C=O) groups is 1. The Labute approximate surface area is 154 Å². The molecule has 2 N–H and O–H groups in total. The monoisotopic (exact) mass is 385 g/mol. The van der Waals surface area contributed by atoms with Crippen molar-refractivity contribution in [1.82, 2.24) is 14.9 Å². The standard InChI is InChI=1S/C17H23N3O3S.ClH/c21-17(20-9-8-13-4-7-15(11-20)18-13)12-2-1-3-16(10-12)24(22,23)19-14-5-6-14;/h1-3,10,13-15,18-19H,4-9,11H2;1H. The number of sulfonamides is 1. The minimum atomic E-state index is -3.53. The summed E-state index contributed by atoms with van der Waals surface area (Å²) in [5.41, 5.74) is 0.450. The van der Waals surface area contributed by atoms with Crippen LogP contribution in [0.3, 0.4) is 0 Å². The first-order valence-electron chi connectivity index (χ1n) is 8.69. The van der Waals surface area contributed by atoms with Crippen LogP contribution in [0.2, 0.25) is 0 Å². The molecule has 138 valence electrons. The van der Waals surface area contributed by atoms with Gasteiger partial charge in [0.1, 0.15) is 0 Å². The highest BCUT2D eigenvalue weighted by molar-refractivity contribution is 7.89. The van der Waals surface area contributed by atoms with Crippen LogP contribution in [-0.2, 0) is 10.0 Å². The lowest BCUT2D eigenvalue weighted by Gasteiger charge is -2.24. The normalized spacial score (nSPS) is 26.0. The number of hydrogen-bond donors (Lipinski definition) is 2. The molecule has 1 aliphatic carbocycles. The smallest absolute Gasteiger partial charge is 0.253 e. The van der Waals surface area contributed by atoms with Gasteiger partial charge >= 0.3 is 0 Å². The molecule has 0 aromatic heterocycles. The number of carbonyl (C=O) groups excluding carboxylic acids is 1. The first kappa shape index (κ1) is 18.6. The third-order valence-corrected chi connectivity index (χ3v) is 6.62. The summed E-state index contributed by atoms with van der Waals surface area (Å²) in [5, 5.41) is 3.55. The molecule has 1 saturated carbocycles. The van der Waals surface area contributed by atoms with Crippen LogP contribution in [0.5, 0.6) is 0 Å². The lowest BCUT2D eigenvalue weighted by Crippen LogP contribution is -2.39. The molecule has 25 heavy (non-hydrogen) atoms. The van der Waals surface area contributed by atoms with Crippen molar-refractivity contribution >= 4 is 28.3 Å². The maximum Gasteiger partial charge on any atom is 0.253 e. The van der Waals surface area contributed by atoms with Crippen LogP contribution >= 0.6 is 12.4 Å². The van der Waals surface area contributed by atoms with Crippen molar-refractivity contribution in [3.05, 3.63) is 29.8 Å². The van der Waals surface area contributed by atoms with E-state index in [9.17, 15) is 13.2 Å². The lowest BCUT2D eigenvalue weighted by atomic mass is 10.1. The number of fused-ring (bicyclic) bond motifs is 2. The van der Waals surface area contributed by atoms with Gasteiger partial charge in [0.15, 0.2) is 0 Å². The molecule has 2 atom stereocenters. The minimum absolute atomic E-state index is 0. The van der Waals surface area contributed by atoms with E-state index >= 15 is 0 Å². The van der Waals surface area contributed by atoms with Gasteiger partial charge in [-0.25, -0.2) is 13.1 Å². The molecule has 2 bridgehead atoms. The highest BCUT2D eigenvalue weighted by atomic mass is 35.5. The van der Waals surface area contributed by atoms with Gasteiger partial charge in [-0.2, -0.15) is 0 Å². The number of rotatable bonds is 4. The number of halogens is 1. The Morgan fingerprint density at radius 3 is 2.64 bits per heavy atom. The molecule has 3 aliphatic rings. The Morgan fingerprint density at radius 2 is 1.88 bits per heavy atom. The maximum atomic E-state index is 12.8. The van der Waals surface area contributed by atoms with Crippen LogP contribution in [0, 0.1) is 0 Å². The van der Waals surface area contributed by atoms with E-state index in [0.29, 0.717) is 24.2 Å².